The summed E-state index contributed by atoms with van der Waals surface area (Å²) in [5.74, 6) is 0.322. The summed E-state index contributed by atoms with van der Waals surface area (Å²) in [6, 6.07) is 0. The standard InChI is InChI=1S/C15H16N4O2S2/c1-5-21-15(20)10-6-16-19-12(10)23-14-11-7(2)8(3)22-13(11)17-9(4)18-14/h6H,5H2,1-4H3,(H,16,19). The molecule has 3 rings (SSSR count). The van der Waals surface area contributed by atoms with E-state index in [0.29, 0.717) is 23.0 Å². The van der Waals surface area contributed by atoms with Crippen LogP contribution in [0.3, 0.4) is 0 Å². The van der Waals surface area contributed by atoms with Crippen LogP contribution in [0.1, 0.15) is 33.5 Å². The molecule has 0 saturated heterocycles. The summed E-state index contributed by atoms with van der Waals surface area (Å²) in [5.41, 5.74) is 1.59. The Labute approximate surface area is 141 Å². The van der Waals surface area contributed by atoms with Gasteiger partial charge in [-0.3, -0.25) is 5.10 Å². The van der Waals surface area contributed by atoms with E-state index in [2.05, 4.69) is 34.0 Å². The van der Waals surface area contributed by atoms with Crippen LogP contribution in [0.5, 0.6) is 0 Å². The van der Waals surface area contributed by atoms with E-state index in [4.69, 9.17) is 4.74 Å². The van der Waals surface area contributed by atoms with Gasteiger partial charge in [0.1, 0.15) is 26.3 Å². The Bertz CT molecular complexity index is 885. The number of hydrogen-bond acceptors (Lipinski definition) is 7. The van der Waals surface area contributed by atoms with E-state index < -0.39 is 0 Å². The number of rotatable bonds is 4. The fourth-order valence-electron chi connectivity index (χ4n) is 2.19. The summed E-state index contributed by atoms with van der Waals surface area (Å²) < 4.78 is 5.06. The van der Waals surface area contributed by atoms with Gasteiger partial charge in [-0.1, -0.05) is 0 Å². The number of nitrogens with zero attached hydrogens (tertiary/aromatic N) is 3. The second-order valence-electron chi connectivity index (χ2n) is 4.97. The average molecular weight is 348 g/mol. The van der Waals surface area contributed by atoms with Crippen LogP contribution in [0, 0.1) is 20.8 Å². The molecule has 0 bridgehead atoms. The SMILES string of the molecule is CCOC(=O)c1cn[nH]c1Sc1nc(C)nc2sc(C)c(C)c12. The first-order valence-corrected chi connectivity index (χ1v) is 8.77. The molecule has 0 amide bonds. The lowest BCUT2D eigenvalue weighted by Crippen LogP contribution is -2.04. The second-order valence-corrected chi connectivity index (χ2v) is 7.18. The largest absolute Gasteiger partial charge is 0.462 e. The zero-order valence-corrected chi connectivity index (χ0v) is 14.9. The Balaban J connectivity index is 2.06. The van der Waals surface area contributed by atoms with Crippen LogP contribution in [0.25, 0.3) is 10.2 Å². The van der Waals surface area contributed by atoms with Crippen molar-refractivity contribution in [2.75, 3.05) is 6.61 Å². The van der Waals surface area contributed by atoms with Gasteiger partial charge in [0.05, 0.1) is 12.8 Å². The van der Waals surface area contributed by atoms with Crippen LogP contribution in [0.15, 0.2) is 16.2 Å². The maximum atomic E-state index is 12.0. The molecule has 3 heterocycles. The van der Waals surface area contributed by atoms with Gasteiger partial charge in [0.2, 0.25) is 0 Å². The Morgan fingerprint density at radius 3 is 2.87 bits per heavy atom. The van der Waals surface area contributed by atoms with E-state index in [1.165, 1.54) is 28.4 Å². The van der Waals surface area contributed by atoms with Gasteiger partial charge in [-0.2, -0.15) is 5.10 Å². The minimum absolute atomic E-state index is 0.327. The molecule has 0 aliphatic heterocycles. The Morgan fingerprint density at radius 1 is 1.35 bits per heavy atom. The molecule has 8 heteroatoms. The third-order valence-electron chi connectivity index (χ3n) is 3.41. The summed E-state index contributed by atoms with van der Waals surface area (Å²) in [6.07, 6.45) is 1.48. The van der Waals surface area contributed by atoms with Gasteiger partial charge >= 0.3 is 5.97 Å². The monoisotopic (exact) mass is 348 g/mol. The molecule has 0 atom stereocenters. The first-order valence-electron chi connectivity index (χ1n) is 7.14. The molecular weight excluding hydrogens is 332 g/mol. The smallest absolute Gasteiger partial charge is 0.342 e. The molecule has 3 aromatic heterocycles. The Hall–Kier alpha value is -1.93. The normalized spacial score (nSPS) is 11.1. The number of aromatic nitrogens is 4. The minimum Gasteiger partial charge on any atom is -0.462 e. The number of aryl methyl sites for hydroxylation is 3. The van der Waals surface area contributed by atoms with Crippen LogP contribution >= 0.6 is 23.1 Å². The van der Waals surface area contributed by atoms with Crippen LogP contribution in [0.4, 0.5) is 0 Å². The van der Waals surface area contributed by atoms with Gasteiger partial charge in [-0.15, -0.1) is 11.3 Å². The molecule has 0 spiro atoms. The molecule has 120 valence electrons. The zero-order valence-electron chi connectivity index (χ0n) is 13.3. The predicted octanol–water partition coefficient (Wildman–Crippen LogP) is 3.67. The Kier molecular flexibility index (Phi) is 4.36. The zero-order chi connectivity index (χ0) is 16.6. The maximum Gasteiger partial charge on any atom is 0.342 e. The van der Waals surface area contributed by atoms with E-state index in [9.17, 15) is 4.79 Å². The molecule has 0 unspecified atom stereocenters. The molecule has 3 aromatic rings. The quantitative estimate of drug-likeness (QED) is 0.572. The average Bonchev–Trinajstić information content (AvgIpc) is 3.05. The number of esters is 1. The molecule has 0 radical (unpaired) electrons. The molecule has 0 fully saturated rings. The van der Waals surface area contributed by atoms with Gasteiger partial charge in [-0.05, 0) is 45.0 Å². The summed E-state index contributed by atoms with van der Waals surface area (Å²) in [4.78, 5) is 23.2. The van der Waals surface area contributed by atoms with E-state index >= 15 is 0 Å². The number of carbonyl (C=O) groups is 1. The fourth-order valence-corrected chi connectivity index (χ4v) is 4.40. The van der Waals surface area contributed by atoms with Crippen LogP contribution < -0.4 is 0 Å². The van der Waals surface area contributed by atoms with Crippen molar-refractivity contribution in [2.45, 2.75) is 37.7 Å². The summed E-state index contributed by atoms with van der Waals surface area (Å²) in [7, 11) is 0. The van der Waals surface area contributed by atoms with Crippen LogP contribution in [-0.4, -0.2) is 32.7 Å². The lowest BCUT2D eigenvalue weighted by molar-refractivity contribution is 0.0522. The number of hydrogen-bond donors (Lipinski definition) is 1. The highest BCUT2D eigenvalue weighted by Crippen LogP contribution is 2.38. The maximum absolute atomic E-state index is 12.0. The third-order valence-corrected chi connectivity index (χ3v) is 5.51. The summed E-state index contributed by atoms with van der Waals surface area (Å²) >= 11 is 3.04. The van der Waals surface area contributed by atoms with E-state index in [-0.39, 0.29) is 5.97 Å². The number of carbonyl (C=O) groups excluding carboxylic acids is 1. The van der Waals surface area contributed by atoms with Crippen molar-refractivity contribution in [3.63, 3.8) is 0 Å². The number of fused-ring (bicyclic) bond motifs is 1. The Morgan fingerprint density at radius 2 is 2.13 bits per heavy atom. The molecule has 0 aromatic carbocycles. The minimum atomic E-state index is -0.385. The molecule has 1 N–H and O–H groups in total. The van der Waals surface area contributed by atoms with Crippen molar-refractivity contribution < 1.29 is 9.53 Å². The van der Waals surface area contributed by atoms with Crippen molar-refractivity contribution in [1.82, 2.24) is 20.2 Å². The van der Waals surface area contributed by atoms with E-state index in [1.54, 1.807) is 18.3 Å². The molecular formula is C15H16N4O2S2. The van der Waals surface area contributed by atoms with Gasteiger partial charge in [0.25, 0.3) is 0 Å². The number of nitrogens with one attached hydrogen (secondary N) is 1. The fraction of sp³-hybridized carbons (Fsp3) is 0.333. The lowest BCUT2D eigenvalue weighted by Gasteiger charge is -2.05. The van der Waals surface area contributed by atoms with Gasteiger partial charge in [-0.25, -0.2) is 14.8 Å². The molecule has 0 aliphatic rings. The van der Waals surface area contributed by atoms with Crippen molar-refractivity contribution in [3.05, 3.63) is 28.0 Å². The number of aromatic amines is 1. The highest BCUT2D eigenvalue weighted by atomic mass is 32.2. The highest BCUT2D eigenvalue weighted by molar-refractivity contribution is 7.99. The topological polar surface area (TPSA) is 80.8 Å². The van der Waals surface area contributed by atoms with Gasteiger partial charge in [0.15, 0.2) is 0 Å². The van der Waals surface area contributed by atoms with Crippen LogP contribution in [-0.2, 0) is 4.74 Å². The van der Waals surface area contributed by atoms with Crippen molar-refractivity contribution in [2.24, 2.45) is 0 Å². The summed E-state index contributed by atoms with van der Waals surface area (Å²) in [6.45, 7) is 8.11. The van der Waals surface area contributed by atoms with Crippen molar-refractivity contribution in [1.29, 1.82) is 0 Å². The van der Waals surface area contributed by atoms with Crippen molar-refractivity contribution >= 4 is 39.3 Å². The summed E-state index contributed by atoms with van der Waals surface area (Å²) in [5, 5.41) is 9.31. The van der Waals surface area contributed by atoms with Crippen molar-refractivity contribution in [3.8, 4) is 0 Å². The van der Waals surface area contributed by atoms with E-state index in [0.717, 1.165) is 15.2 Å². The van der Waals surface area contributed by atoms with E-state index in [1.807, 2.05) is 6.92 Å². The molecule has 0 saturated carbocycles. The lowest BCUT2D eigenvalue weighted by atomic mass is 10.2. The number of ether oxygens (including phenoxy) is 1. The highest BCUT2D eigenvalue weighted by Gasteiger charge is 2.20. The van der Waals surface area contributed by atoms with Gasteiger partial charge < -0.3 is 4.74 Å². The molecule has 0 aliphatic carbocycles. The second kappa shape index (κ2) is 6.29. The first kappa shape index (κ1) is 15.9. The predicted molar refractivity (Wildman–Crippen MR) is 90.3 cm³/mol. The molecule has 6 nitrogen and oxygen atoms in total. The molecule has 23 heavy (non-hydrogen) atoms. The number of H-pyrrole nitrogens is 1. The van der Waals surface area contributed by atoms with Crippen LogP contribution in [0.2, 0.25) is 0 Å². The number of thiophene rings is 1. The van der Waals surface area contributed by atoms with Gasteiger partial charge in [0, 0.05) is 10.3 Å². The first-order chi connectivity index (χ1) is 11.0. The third kappa shape index (κ3) is 2.96.